The van der Waals surface area contributed by atoms with Gasteiger partial charge < -0.3 is 15.2 Å². The molecule has 1 saturated carbocycles. The predicted octanol–water partition coefficient (Wildman–Crippen LogP) is 3.75. The summed E-state index contributed by atoms with van der Waals surface area (Å²) in [4.78, 5) is 49.6. The number of hydrogen-bond acceptors (Lipinski definition) is 7. The molecule has 1 amide bonds. The second kappa shape index (κ2) is 11.1. The Hall–Kier alpha value is -3.23. The van der Waals surface area contributed by atoms with Gasteiger partial charge in [0.15, 0.2) is 6.10 Å². The zero-order valence-corrected chi connectivity index (χ0v) is 22.5. The van der Waals surface area contributed by atoms with Crippen molar-refractivity contribution in [2.75, 3.05) is 0 Å². The van der Waals surface area contributed by atoms with Gasteiger partial charge in [-0.25, -0.2) is 4.79 Å². The molecule has 1 unspecified atom stereocenters. The van der Waals surface area contributed by atoms with Crippen LogP contribution in [0.5, 0.6) is 0 Å². The van der Waals surface area contributed by atoms with Crippen LogP contribution in [0, 0.1) is 23.7 Å². The molecule has 1 spiro atoms. The third-order valence-electron chi connectivity index (χ3n) is 8.85. The highest BCUT2D eigenvalue weighted by atomic mass is 17.2. The molecule has 3 fully saturated rings. The van der Waals surface area contributed by atoms with E-state index >= 15 is 0 Å². The number of ether oxygens (including phenoxy) is 1. The molecule has 2 saturated heterocycles. The maximum atomic E-state index is 13.9. The van der Waals surface area contributed by atoms with Gasteiger partial charge in [0.25, 0.3) is 5.91 Å². The first-order chi connectivity index (χ1) is 18.8. The largest absolute Gasteiger partial charge is 0.482 e. The number of rotatable bonds is 3. The van der Waals surface area contributed by atoms with E-state index in [1.165, 1.54) is 0 Å². The van der Waals surface area contributed by atoms with Crippen molar-refractivity contribution >= 4 is 18.2 Å². The van der Waals surface area contributed by atoms with E-state index in [1.54, 1.807) is 0 Å². The average molecular weight is 536 g/mol. The Balaban J connectivity index is 1.50. The number of epoxide rings is 1. The fourth-order valence-electron chi connectivity index (χ4n) is 6.62. The van der Waals surface area contributed by atoms with Gasteiger partial charge in [-0.1, -0.05) is 69.3 Å². The van der Waals surface area contributed by atoms with Crippen molar-refractivity contribution in [1.82, 2.24) is 5.32 Å². The van der Waals surface area contributed by atoms with Crippen molar-refractivity contribution < 1.29 is 34.0 Å². The standard InChI is InChI=1S/C31H37NO7/c1-18-9-7-13-22(17-33)29-25(37-29)16-26(34)38-39-31-23(14-8-10-18)28(35)20(3)19(2)27(31)24(32-30(31)36)15-21-11-5-4-6-12-21/h4-6,8,11-12,14,17-19,23-25,27-28,35H,3,7,9-10,13,15-16H2,1-2H3,(H,32,36)/b14-8+,29-22-/t18-,19-,23+,24+,25?,27+,28-,31-/m1/s1. The monoisotopic (exact) mass is 535 g/mol. The summed E-state index contributed by atoms with van der Waals surface area (Å²) in [7, 11) is 0. The first kappa shape index (κ1) is 27.3. The smallest absolute Gasteiger partial charge is 0.346 e. The van der Waals surface area contributed by atoms with Crippen LogP contribution in [0.15, 0.2) is 66.0 Å². The lowest BCUT2D eigenvalue weighted by molar-refractivity contribution is -0.348. The van der Waals surface area contributed by atoms with Crippen LogP contribution in [0.3, 0.4) is 0 Å². The molecule has 208 valence electrons. The number of benzene rings is 1. The number of nitrogens with one attached hydrogen (secondary N) is 1. The Bertz CT molecular complexity index is 1190. The van der Waals surface area contributed by atoms with E-state index in [-0.39, 0.29) is 18.4 Å². The number of carbonyl (C=O) groups excluding carboxylic acids is 3. The van der Waals surface area contributed by atoms with Crippen LogP contribution >= 0.6 is 0 Å². The fraction of sp³-hybridized carbons (Fsp3) is 0.516. The van der Waals surface area contributed by atoms with E-state index in [2.05, 4.69) is 18.8 Å². The summed E-state index contributed by atoms with van der Waals surface area (Å²) in [6.45, 7) is 8.25. The summed E-state index contributed by atoms with van der Waals surface area (Å²) >= 11 is 0. The minimum absolute atomic E-state index is 0.135. The molecule has 4 aliphatic rings. The van der Waals surface area contributed by atoms with Gasteiger partial charge in [-0.05, 0) is 48.7 Å². The van der Waals surface area contributed by atoms with E-state index in [0.29, 0.717) is 42.1 Å². The maximum absolute atomic E-state index is 13.9. The van der Waals surface area contributed by atoms with E-state index in [1.807, 2.05) is 49.4 Å². The van der Waals surface area contributed by atoms with Gasteiger partial charge in [0.1, 0.15) is 12.0 Å². The molecule has 2 N–H and O–H groups in total. The van der Waals surface area contributed by atoms with Gasteiger partial charge in [0.2, 0.25) is 5.60 Å². The number of amides is 1. The molecule has 1 aliphatic carbocycles. The number of aliphatic hydroxyl groups is 1. The lowest BCUT2D eigenvalue weighted by Gasteiger charge is -2.48. The van der Waals surface area contributed by atoms with Crippen LogP contribution in [0.25, 0.3) is 0 Å². The van der Waals surface area contributed by atoms with Gasteiger partial charge in [0.05, 0.1) is 12.5 Å². The molecule has 39 heavy (non-hydrogen) atoms. The van der Waals surface area contributed by atoms with Crippen molar-refractivity contribution in [2.24, 2.45) is 23.7 Å². The van der Waals surface area contributed by atoms with E-state index in [0.717, 1.165) is 24.7 Å². The predicted molar refractivity (Wildman–Crippen MR) is 143 cm³/mol. The zero-order chi connectivity index (χ0) is 27.7. The third kappa shape index (κ3) is 5.20. The van der Waals surface area contributed by atoms with Crippen LogP contribution in [-0.4, -0.2) is 47.1 Å². The van der Waals surface area contributed by atoms with Crippen molar-refractivity contribution in [1.29, 1.82) is 0 Å². The second-order valence-corrected chi connectivity index (χ2v) is 11.4. The Kier molecular flexibility index (Phi) is 7.78. The van der Waals surface area contributed by atoms with Gasteiger partial charge >= 0.3 is 5.97 Å². The highest BCUT2D eigenvalue weighted by Crippen LogP contribution is 2.52. The number of allylic oxidation sites excluding steroid dienone is 2. The van der Waals surface area contributed by atoms with Gasteiger partial charge in [0, 0.05) is 23.5 Å². The van der Waals surface area contributed by atoms with E-state index in [4.69, 9.17) is 14.5 Å². The highest BCUT2D eigenvalue weighted by molar-refractivity contribution is 5.90. The molecule has 3 aliphatic heterocycles. The molecule has 1 aromatic rings. The molecule has 8 nitrogen and oxygen atoms in total. The van der Waals surface area contributed by atoms with Crippen molar-refractivity contribution in [3.05, 3.63) is 71.5 Å². The second-order valence-electron chi connectivity index (χ2n) is 11.4. The summed E-state index contributed by atoms with van der Waals surface area (Å²) in [6.07, 6.45) is 6.42. The molecule has 0 bridgehead atoms. The molecule has 3 heterocycles. The Morgan fingerprint density at radius 2 is 1.97 bits per heavy atom. The van der Waals surface area contributed by atoms with Crippen molar-refractivity contribution in [2.45, 2.75) is 76.2 Å². The van der Waals surface area contributed by atoms with Gasteiger partial charge in [-0.3, -0.25) is 14.5 Å². The van der Waals surface area contributed by atoms with Crippen LogP contribution in [0.4, 0.5) is 0 Å². The van der Waals surface area contributed by atoms with Gasteiger partial charge in [-0.15, -0.1) is 0 Å². The SMILES string of the molecule is C=C1[C@@H](C)[C@H]2[C@H](Cc3ccccc3)NC(=O)[C@]23OOC(=O)CC2O/C2=C(\C=O)CCC[C@@H](C)C/C=C/[C@H]3[C@@H]1O. The Morgan fingerprint density at radius 3 is 2.72 bits per heavy atom. The summed E-state index contributed by atoms with van der Waals surface area (Å²) in [5, 5.41) is 14.5. The number of aldehydes is 1. The molecule has 8 atom stereocenters. The summed E-state index contributed by atoms with van der Waals surface area (Å²) in [6, 6.07) is 9.52. The maximum Gasteiger partial charge on any atom is 0.346 e. The first-order valence-corrected chi connectivity index (χ1v) is 13.9. The summed E-state index contributed by atoms with van der Waals surface area (Å²) in [5.41, 5.74) is 0.609. The summed E-state index contributed by atoms with van der Waals surface area (Å²) < 4.78 is 5.54. The fourth-order valence-corrected chi connectivity index (χ4v) is 6.62. The normalized spacial score (nSPS) is 39.8. The number of carbonyl (C=O) groups is 3. The number of aliphatic hydroxyl groups excluding tert-OH is 1. The molecule has 5 rings (SSSR count). The minimum Gasteiger partial charge on any atom is -0.482 e. The van der Waals surface area contributed by atoms with Crippen LogP contribution in [0.1, 0.15) is 51.5 Å². The molecule has 1 aromatic carbocycles. The summed E-state index contributed by atoms with van der Waals surface area (Å²) in [5.74, 6) is -1.83. The van der Waals surface area contributed by atoms with Crippen LogP contribution < -0.4 is 5.32 Å². The van der Waals surface area contributed by atoms with Crippen molar-refractivity contribution in [3.8, 4) is 0 Å². The number of fused-ring (bicyclic) bond motifs is 1. The topological polar surface area (TPSA) is 114 Å². The van der Waals surface area contributed by atoms with Crippen LogP contribution in [-0.2, 0) is 35.3 Å². The molecular formula is C31H37NO7. The molecule has 0 radical (unpaired) electrons. The lowest BCUT2D eigenvalue weighted by atomic mass is 9.59. The third-order valence-corrected chi connectivity index (χ3v) is 8.85. The van der Waals surface area contributed by atoms with E-state index in [9.17, 15) is 19.5 Å². The Morgan fingerprint density at radius 1 is 1.21 bits per heavy atom. The average Bonchev–Trinajstić information content (AvgIpc) is 3.61. The molecule has 8 heteroatoms. The Labute approximate surface area is 229 Å². The van der Waals surface area contributed by atoms with Crippen molar-refractivity contribution in [3.63, 3.8) is 0 Å². The van der Waals surface area contributed by atoms with Gasteiger partial charge in [-0.2, -0.15) is 4.89 Å². The minimum atomic E-state index is -1.64. The first-order valence-electron chi connectivity index (χ1n) is 13.9. The molecule has 0 aromatic heterocycles. The molecular weight excluding hydrogens is 498 g/mol. The van der Waals surface area contributed by atoms with E-state index < -0.39 is 41.5 Å². The quantitative estimate of drug-likeness (QED) is 0.262. The number of hydrogen-bond donors (Lipinski definition) is 2. The lowest BCUT2D eigenvalue weighted by Crippen LogP contribution is -2.61. The highest BCUT2D eigenvalue weighted by Gasteiger charge is 2.68. The zero-order valence-electron chi connectivity index (χ0n) is 22.5. The van der Waals surface area contributed by atoms with Crippen LogP contribution in [0.2, 0.25) is 0 Å².